The predicted octanol–water partition coefficient (Wildman–Crippen LogP) is 15.2. The van der Waals surface area contributed by atoms with Crippen molar-refractivity contribution in [3.63, 3.8) is 0 Å². The van der Waals surface area contributed by atoms with E-state index in [9.17, 15) is 19.5 Å². The fourth-order valence-electron chi connectivity index (χ4n) is 7.75. The van der Waals surface area contributed by atoms with Crippen molar-refractivity contribution in [1.29, 1.82) is 0 Å². The molecule has 0 rings (SSSR count). The number of ether oxygens (including phenoxy) is 4. The van der Waals surface area contributed by atoms with Crippen molar-refractivity contribution in [2.45, 2.75) is 264 Å². The van der Waals surface area contributed by atoms with Gasteiger partial charge in [-0.1, -0.05) is 218 Å². The number of hydrogen-bond acceptors (Lipinski definition) is 7. The summed E-state index contributed by atoms with van der Waals surface area (Å²) in [6.45, 7) is 4.82. The molecule has 0 aromatic carbocycles. The van der Waals surface area contributed by atoms with E-state index in [-0.39, 0.29) is 32.2 Å². The van der Waals surface area contributed by atoms with Gasteiger partial charge in [0.25, 0.3) is 6.29 Å². The average molecular weight is 907 g/mol. The molecule has 0 aliphatic carbocycles. The van der Waals surface area contributed by atoms with Crippen LogP contribution in [0.2, 0.25) is 0 Å². The van der Waals surface area contributed by atoms with Gasteiger partial charge in [0.1, 0.15) is 13.2 Å². The lowest BCUT2D eigenvalue weighted by atomic mass is 10.0. The standard InChI is InChI=1S/C55H103NO8/c1-6-8-10-12-14-15-16-17-18-19-20-21-22-23-24-25-26-27-28-29-30-31-32-33-34-35-36-37-38-39-40-42-44-46-53(58)64-51(49-62-52(57)45-43-41-13-11-9-7-2)50-63-55(54(59)60)61-48-47-56(3,4)5/h16-17,19-20,51,55H,6-15,18,21-50H2,1-5H3/p+1/b17-16-,20-19-. The van der Waals surface area contributed by atoms with Gasteiger partial charge in [-0.3, -0.25) is 9.59 Å². The zero-order valence-electron chi connectivity index (χ0n) is 42.7. The molecule has 9 heteroatoms. The summed E-state index contributed by atoms with van der Waals surface area (Å²) in [5, 5.41) is 9.62. The summed E-state index contributed by atoms with van der Waals surface area (Å²) >= 11 is 0. The number of carbonyl (C=O) groups excluding carboxylic acids is 2. The second-order valence-electron chi connectivity index (χ2n) is 19.5. The lowest BCUT2D eigenvalue weighted by molar-refractivity contribution is -0.870. The van der Waals surface area contributed by atoms with Gasteiger partial charge in [-0.25, -0.2) is 4.79 Å². The minimum absolute atomic E-state index is 0.178. The Labute approximate surface area is 395 Å². The first-order valence-corrected chi connectivity index (χ1v) is 27.0. The predicted molar refractivity (Wildman–Crippen MR) is 268 cm³/mol. The van der Waals surface area contributed by atoms with Crippen LogP contribution in [-0.2, 0) is 33.3 Å². The molecule has 0 saturated carbocycles. The van der Waals surface area contributed by atoms with E-state index in [2.05, 4.69) is 38.2 Å². The van der Waals surface area contributed by atoms with Crippen molar-refractivity contribution >= 4 is 17.9 Å². The van der Waals surface area contributed by atoms with Gasteiger partial charge in [0.05, 0.1) is 34.4 Å². The van der Waals surface area contributed by atoms with Crippen LogP contribution in [0.25, 0.3) is 0 Å². The quantitative estimate of drug-likeness (QED) is 0.0211. The smallest absolute Gasteiger partial charge is 0.361 e. The van der Waals surface area contributed by atoms with Crippen LogP contribution < -0.4 is 0 Å². The summed E-state index contributed by atoms with van der Waals surface area (Å²) in [6.07, 6.45) is 51.7. The zero-order valence-corrected chi connectivity index (χ0v) is 42.7. The number of allylic oxidation sites excluding steroid dienone is 4. The van der Waals surface area contributed by atoms with Crippen LogP contribution in [0.3, 0.4) is 0 Å². The van der Waals surface area contributed by atoms with Crippen LogP contribution in [0.4, 0.5) is 0 Å². The fraction of sp³-hybridized carbons (Fsp3) is 0.873. The highest BCUT2D eigenvalue weighted by Gasteiger charge is 2.25. The third-order valence-corrected chi connectivity index (χ3v) is 12.0. The second-order valence-corrected chi connectivity index (χ2v) is 19.5. The van der Waals surface area contributed by atoms with Crippen molar-refractivity contribution in [2.24, 2.45) is 0 Å². The van der Waals surface area contributed by atoms with E-state index in [1.165, 1.54) is 180 Å². The highest BCUT2D eigenvalue weighted by molar-refractivity contribution is 5.71. The van der Waals surface area contributed by atoms with Gasteiger partial charge in [0, 0.05) is 12.8 Å². The number of likely N-dealkylation sites (N-methyl/N-ethyl adjacent to an activating group) is 1. The molecular formula is C55H104NO8+. The summed E-state index contributed by atoms with van der Waals surface area (Å²) in [6, 6.07) is 0. The average Bonchev–Trinajstić information content (AvgIpc) is 3.26. The first-order valence-electron chi connectivity index (χ1n) is 27.0. The Morgan fingerprint density at radius 3 is 1.23 bits per heavy atom. The van der Waals surface area contributed by atoms with Crippen molar-refractivity contribution in [3.8, 4) is 0 Å². The van der Waals surface area contributed by atoms with Crippen LogP contribution in [0.15, 0.2) is 24.3 Å². The van der Waals surface area contributed by atoms with Crippen LogP contribution in [0, 0.1) is 0 Å². The van der Waals surface area contributed by atoms with Crippen molar-refractivity contribution < 1.29 is 42.9 Å². The number of esters is 2. The number of nitrogens with zero attached hydrogens (tertiary/aromatic N) is 1. The van der Waals surface area contributed by atoms with Crippen LogP contribution in [-0.4, -0.2) is 87.4 Å². The zero-order chi connectivity index (χ0) is 47.0. The van der Waals surface area contributed by atoms with Gasteiger partial charge >= 0.3 is 17.9 Å². The fourth-order valence-corrected chi connectivity index (χ4v) is 7.75. The summed E-state index contributed by atoms with van der Waals surface area (Å²) in [5.74, 6) is -2.00. The Bertz CT molecular complexity index is 1100. The molecule has 0 fully saturated rings. The van der Waals surface area contributed by atoms with E-state index in [1.54, 1.807) is 0 Å². The highest BCUT2D eigenvalue weighted by atomic mass is 16.7. The van der Waals surface area contributed by atoms with E-state index in [4.69, 9.17) is 18.9 Å². The molecule has 0 aromatic rings. The molecule has 0 amide bonds. The van der Waals surface area contributed by atoms with E-state index in [0.717, 1.165) is 44.9 Å². The molecule has 0 aromatic heterocycles. The second kappa shape index (κ2) is 47.3. The minimum Gasteiger partial charge on any atom is -0.477 e. The molecule has 9 nitrogen and oxygen atoms in total. The topological polar surface area (TPSA) is 108 Å². The number of aliphatic carboxylic acids is 1. The summed E-state index contributed by atoms with van der Waals surface area (Å²) in [4.78, 5) is 36.9. The molecule has 2 unspecified atom stereocenters. The summed E-state index contributed by atoms with van der Waals surface area (Å²) in [7, 11) is 5.96. The number of carboxylic acid groups (broad SMARTS) is 1. The Balaban J connectivity index is 3.90. The SMILES string of the molecule is CCCCCCC/C=C\C/C=C\CCCCCCCCCCCCCCCCCCCCCCCC(=O)OC(COC(=O)CCCCCCCC)COC(OCC[N+](C)(C)C)C(=O)O. The van der Waals surface area contributed by atoms with Gasteiger partial charge in [-0.2, -0.15) is 0 Å². The first-order chi connectivity index (χ1) is 31.1. The Kier molecular flexibility index (Phi) is 45.6. The van der Waals surface area contributed by atoms with E-state index >= 15 is 0 Å². The number of hydrogen-bond donors (Lipinski definition) is 1. The molecule has 0 saturated heterocycles. The van der Waals surface area contributed by atoms with Crippen LogP contribution >= 0.6 is 0 Å². The third kappa shape index (κ3) is 47.7. The summed E-state index contributed by atoms with van der Waals surface area (Å²) in [5.41, 5.74) is 0. The molecule has 0 aliphatic heterocycles. The van der Waals surface area contributed by atoms with E-state index < -0.39 is 24.3 Å². The Morgan fingerprint density at radius 1 is 0.469 bits per heavy atom. The largest absolute Gasteiger partial charge is 0.477 e. The first kappa shape index (κ1) is 61.8. The maximum Gasteiger partial charge on any atom is 0.361 e. The molecule has 0 aliphatic rings. The number of rotatable bonds is 50. The van der Waals surface area contributed by atoms with Crippen molar-refractivity contribution in [1.82, 2.24) is 0 Å². The Morgan fingerprint density at radius 2 is 0.844 bits per heavy atom. The molecule has 0 radical (unpaired) electrons. The highest BCUT2D eigenvalue weighted by Crippen LogP contribution is 2.17. The van der Waals surface area contributed by atoms with Gasteiger partial charge in [0.2, 0.25) is 0 Å². The maximum atomic E-state index is 12.8. The lowest BCUT2D eigenvalue weighted by Crippen LogP contribution is -2.40. The molecule has 1 N–H and O–H groups in total. The van der Waals surface area contributed by atoms with E-state index in [1.807, 2.05) is 21.1 Å². The summed E-state index contributed by atoms with van der Waals surface area (Å²) < 4.78 is 22.7. The monoisotopic (exact) mass is 907 g/mol. The van der Waals surface area contributed by atoms with E-state index in [0.29, 0.717) is 17.4 Å². The number of unbranched alkanes of at least 4 members (excludes halogenated alkanes) is 31. The van der Waals surface area contributed by atoms with Gasteiger partial charge in [-0.05, 0) is 44.9 Å². The lowest BCUT2D eigenvalue weighted by Gasteiger charge is -2.25. The van der Waals surface area contributed by atoms with Gasteiger partial charge < -0.3 is 28.5 Å². The van der Waals surface area contributed by atoms with Crippen molar-refractivity contribution in [3.05, 3.63) is 24.3 Å². The third-order valence-electron chi connectivity index (χ3n) is 12.0. The Hall–Kier alpha value is -2.23. The van der Waals surface area contributed by atoms with Gasteiger partial charge in [0.15, 0.2) is 6.10 Å². The number of quaternary nitrogens is 1. The van der Waals surface area contributed by atoms with Crippen molar-refractivity contribution in [2.75, 3.05) is 47.5 Å². The van der Waals surface area contributed by atoms with Crippen LogP contribution in [0.1, 0.15) is 251 Å². The maximum absolute atomic E-state index is 12.8. The number of carboxylic acids is 1. The van der Waals surface area contributed by atoms with Gasteiger partial charge in [-0.15, -0.1) is 0 Å². The molecular weight excluding hydrogens is 803 g/mol. The molecule has 0 spiro atoms. The van der Waals surface area contributed by atoms with Crippen LogP contribution in [0.5, 0.6) is 0 Å². The molecule has 376 valence electrons. The number of carbonyl (C=O) groups is 3. The molecule has 2 atom stereocenters. The molecule has 0 bridgehead atoms. The minimum atomic E-state index is -1.50. The molecule has 64 heavy (non-hydrogen) atoms. The molecule has 0 heterocycles. The normalized spacial score (nSPS) is 13.0.